The summed E-state index contributed by atoms with van der Waals surface area (Å²) in [7, 11) is 0. The Kier molecular flexibility index (Phi) is 3.90. The maximum atomic E-state index is 5.84. The molecule has 2 heteroatoms. The molecule has 1 aliphatic heterocycles. The van der Waals surface area contributed by atoms with Gasteiger partial charge in [0.1, 0.15) is 0 Å². The first-order chi connectivity index (χ1) is 9.22. The first kappa shape index (κ1) is 13.1. The largest absolute Gasteiger partial charge is 0.375 e. The zero-order valence-electron chi connectivity index (χ0n) is 12.0. The Morgan fingerprint density at radius 3 is 2.26 bits per heavy atom. The average molecular weight is 259 g/mol. The Morgan fingerprint density at radius 1 is 1.05 bits per heavy atom. The highest BCUT2D eigenvalue weighted by Crippen LogP contribution is 2.41. The summed E-state index contributed by atoms with van der Waals surface area (Å²) in [5.41, 5.74) is 1.46. The molecule has 1 saturated heterocycles. The number of hydrogen-bond acceptors (Lipinski definition) is 2. The fourth-order valence-electron chi connectivity index (χ4n) is 3.39. The maximum Gasteiger partial charge on any atom is 0.0565 e. The maximum absolute atomic E-state index is 5.84. The summed E-state index contributed by atoms with van der Waals surface area (Å²) in [6, 6.07) is 12.1. The van der Waals surface area contributed by atoms with Crippen molar-refractivity contribution in [3.05, 3.63) is 35.9 Å². The van der Waals surface area contributed by atoms with Gasteiger partial charge in [0.15, 0.2) is 0 Å². The van der Waals surface area contributed by atoms with Gasteiger partial charge in [-0.05, 0) is 51.0 Å². The molecule has 3 unspecified atom stereocenters. The van der Waals surface area contributed by atoms with E-state index in [0.717, 1.165) is 18.8 Å². The zero-order valence-corrected chi connectivity index (χ0v) is 12.0. The molecule has 0 aromatic heterocycles. The third kappa shape index (κ3) is 3.37. The summed E-state index contributed by atoms with van der Waals surface area (Å²) in [5.74, 6) is 0.843. The van der Waals surface area contributed by atoms with E-state index in [2.05, 4.69) is 49.5 Å². The minimum absolute atomic E-state index is 0.386. The predicted molar refractivity (Wildman–Crippen MR) is 78.1 cm³/mol. The van der Waals surface area contributed by atoms with Crippen LogP contribution in [-0.2, 0) is 4.74 Å². The van der Waals surface area contributed by atoms with E-state index in [0.29, 0.717) is 24.3 Å². The molecule has 2 fully saturated rings. The average Bonchev–Trinajstić information content (AvgIpc) is 3.20. The molecule has 1 heterocycles. The van der Waals surface area contributed by atoms with Crippen LogP contribution >= 0.6 is 0 Å². The molecule has 0 amide bonds. The summed E-state index contributed by atoms with van der Waals surface area (Å²) >= 11 is 0. The molecule has 1 N–H and O–H groups in total. The first-order valence-electron chi connectivity index (χ1n) is 7.69. The monoisotopic (exact) mass is 259 g/mol. The first-order valence-corrected chi connectivity index (χ1v) is 7.69. The van der Waals surface area contributed by atoms with Crippen LogP contribution in [0.15, 0.2) is 30.3 Å². The van der Waals surface area contributed by atoms with Crippen LogP contribution in [0.1, 0.15) is 51.1 Å². The fourth-order valence-corrected chi connectivity index (χ4v) is 3.39. The molecule has 1 aromatic carbocycles. The van der Waals surface area contributed by atoms with Crippen molar-refractivity contribution < 1.29 is 4.74 Å². The summed E-state index contributed by atoms with van der Waals surface area (Å²) in [6.45, 7) is 4.39. The van der Waals surface area contributed by atoms with E-state index in [9.17, 15) is 0 Å². The highest BCUT2D eigenvalue weighted by molar-refractivity contribution is 5.21. The van der Waals surface area contributed by atoms with Crippen molar-refractivity contribution in [3.63, 3.8) is 0 Å². The van der Waals surface area contributed by atoms with Gasteiger partial charge in [-0.25, -0.2) is 0 Å². The quantitative estimate of drug-likeness (QED) is 0.890. The normalized spacial score (nSPS) is 33.1. The van der Waals surface area contributed by atoms with Gasteiger partial charge in [0.05, 0.1) is 12.2 Å². The van der Waals surface area contributed by atoms with E-state index in [1.165, 1.54) is 18.4 Å². The summed E-state index contributed by atoms with van der Waals surface area (Å²) in [6.07, 6.45) is 5.80. The van der Waals surface area contributed by atoms with Crippen molar-refractivity contribution >= 4 is 0 Å². The molecule has 0 bridgehead atoms. The summed E-state index contributed by atoms with van der Waals surface area (Å²) < 4.78 is 5.84. The Balaban J connectivity index is 1.68. The van der Waals surface area contributed by atoms with Crippen LogP contribution in [0.25, 0.3) is 0 Å². The Hall–Kier alpha value is -0.860. The van der Waals surface area contributed by atoms with Crippen molar-refractivity contribution in [1.82, 2.24) is 5.32 Å². The van der Waals surface area contributed by atoms with Crippen molar-refractivity contribution in [2.45, 2.75) is 63.8 Å². The molecule has 0 radical (unpaired) electrons. The lowest BCUT2D eigenvalue weighted by molar-refractivity contribution is -0.0440. The van der Waals surface area contributed by atoms with E-state index in [1.807, 2.05) is 0 Å². The van der Waals surface area contributed by atoms with Gasteiger partial charge < -0.3 is 10.1 Å². The smallest absolute Gasteiger partial charge is 0.0565 e. The second-order valence-electron chi connectivity index (χ2n) is 6.32. The van der Waals surface area contributed by atoms with Gasteiger partial charge in [-0.1, -0.05) is 30.3 Å². The second kappa shape index (κ2) is 5.64. The molecular formula is C17H25NO. The molecule has 19 heavy (non-hydrogen) atoms. The summed E-state index contributed by atoms with van der Waals surface area (Å²) in [4.78, 5) is 0. The number of nitrogens with one attached hydrogen (secondary N) is 1. The van der Waals surface area contributed by atoms with Crippen molar-refractivity contribution in [3.8, 4) is 0 Å². The molecule has 3 atom stereocenters. The molecule has 1 saturated carbocycles. The minimum atomic E-state index is 0.386. The van der Waals surface area contributed by atoms with E-state index in [1.54, 1.807) is 0 Å². The van der Waals surface area contributed by atoms with E-state index >= 15 is 0 Å². The lowest BCUT2D eigenvalue weighted by Crippen LogP contribution is -2.43. The zero-order chi connectivity index (χ0) is 13.2. The lowest BCUT2D eigenvalue weighted by atomic mass is 9.95. The minimum Gasteiger partial charge on any atom is -0.375 e. The van der Waals surface area contributed by atoms with Gasteiger partial charge in [0, 0.05) is 12.1 Å². The lowest BCUT2D eigenvalue weighted by Gasteiger charge is -2.35. The molecule has 2 nitrogen and oxygen atoms in total. The fraction of sp³-hybridized carbons (Fsp3) is 0.647. The van der Waals surface area contributed by atoms with Gasteiger partial charge in [-0.2, -0.15) is 0 Å². The predicted octanol–water partition coefficient (Wildman–Crippen LogP) is 3.68. The van der Waals surface area contributed by atoms with Crippen LogP contribution in [0.3, 0.4) is 0 Å². The van der Waals surface area contributed by atoms with Gasteiger partial charge in [-0.15, -0.1) is 0 Å². The van der Waals surface area contributed by atoms with Gasteiger partial charge in [0.2, 0.25) is 0 Å². The topological polar surface area (TPSA) is 21.3 Å². The van der Waals surface area contributed by atoms with Gasteiger partial charge >= 0.3 is 0 Å². The molecule has 0 spiro atoms. The van der Waals surface area contributed by atoms with Gasteiger partial charge in [0.25, 0.3) is 0 Å². The van der Waals surface area contributed by atoms with Crippen LogP contribution in [0.5, 0.6) is 0 Å². The third-order valence-electron chi connectivity index (χ3n) is 4.36. The van der Waals surface area contributed by atoms with Crippen LogP contribution in [0, 0.1) is 5.92 Å². The molecule has 2 aliphatic rings. The van der Waals surface area contributed by atoms with E-state index in [4.69, 9.17) is 4.74 Å². The van der Waals surface area contributed by atoms with E-state index < -0.39 is 0 Å². The Bertz CT molecular complexity index is 391. The van der Waals surface area contributed by atoms with Crippen LogP contribution < -0.4 is 5.32 Å². The van der Waals surface area contributed by atoms with Crippen LogP contribution in [-0.4, -0.2) is 18.2 Å². The van der Waals surface area contributed by atoms with Crippen LogP contribution in [0.4, 0.5) is 0 Å². The van der Waals surface area contributed by atoms with Crippen LogP contribution in [0.2, 0.25) is 0 Å². The highest BCUT2D eigenvalue weighted by atomic mass is 16.5. The van der Waals surface area contributed by atoms with Crippen molar-refractivity contribution in [1.29, 1.82) is 0 Å². The SMILES string of the molecule is CC1CC(NC(c2ccccc2)C2CC2)CC(C)O1. The molecule has 1 aromatic rings. The summed E-state index contributed by atoms with van der Waals surface area (Å²) in [5, 5.41) is 3.92. The number of benzene rings is 1. The highest BCUT2D eigenvalue weighted by Gasteiger charge is 2.35. The number of hydrogen-bond donors (Lipinski definition) is 1. The Labute approximate surface area is 116 Å². The molecule has 1 aliphatic carbocycles. The van der Waals surface area contributed by atoms with Crippen molar-refractivity contribution in [2.24, 2.45) is 5.92 Å². The second-order valence-corrected chi connectivity index (χ2v) is 6.32. The third-order valence-corrected chi connectivity index (χ3v) is 4.36. The van der Waals surface area contributed by atoms with E-state index in [-0.39, 0.29) is 0 Å². The standard InChI is InChI=1S/C17H25NO/c1-12-10-16(11-13(2)19-12)18-17(15-8-9-15)14-6-4-3-5-7-14/h3-7,12-13,15-18H,8-11H2,1-2H3. The number of rotatable bonds is 4. The molecule has 3 rings (SSSR count). The molecular weight excluding hydrogens is 234 g/mol. The van der Waals surface area contributed by atoms with Gasteiger partial charge in [-0.3, -0.25) is 0 Å². The van der Waals surface area contributed by atoms with Crippen molar-refractivity contribution in [2.75, 3.05) is 0 Å². The Morgan fingerprint density at radius 2 is 1.68 bits per heavy atom. The molecule has 104 valence electrons. The number of ether oxygens (including phenoxy) is 1.